The van der Waals surface area contributed by atoms with Crippen molar-refractivity contribution in [3.05, 3.63) is 75.3 Å². The number of rotatable bonds is 4. The first-order chi connectivity index (χ1) is 14.8. The molecule has 1 fully saturated rings. The highest BCUT2D eigenvalue weighted by Gasteiger charge is 2.36. The van der Waals surface area contributed by atoms with Crippen molar-refractivity contribution >= 4 is 69.5 Å². The van der Waals surface area contributed by atoms with Crippen molar-refractivity contribution in [3.8, 4) is 11.3 Å². The van der Waals surface area contributed by atoms with Crippen LogP contribution in [0.1, 0.15) is 12.7 Å². The number of hydrogen-bond acceptors (Lipinski definition) is 5. The first-order valence-corrected chi connectivity index (χ1v) is 10.6. The van der Waals surface area contributed by atoms with E-state index in [-0.39, 0.29) is 10.8 Å². The number of furan rings is 1. The van der Waals surface area contributed by atoms with Gasteiger partial charge in [-0.25, -0.2) is 4.90 Å². The Morgan fingerprint density at radius 2 is 1.77 bits per heavy atom. The molecule has 0 saturated carbocycles. The molecule has 0 spiro atoms. The van der Waals surface area contributed by atoms with Crippen LogP contribution >= 0.6 is 35.0 Å². The molecule has 0 radical (unpaired) electrons. The van der Waals surface area contributed by atoms with E-state index in [4.69, 9.17) is 27.6 Å². The summed E-state index contributed by atoms with van der Waals surface area (Å²) in [4.78, 5) is 37.7. The summed E-state index contributed by atoms with van der Waals surface area (Å²) in [5, 5.41) is 3.07. The average molecular weight is 473 g/mol. The second-order valence-corrected chi connectivity index (χ2v) is 8.38. The number of carbonyl (C=O) groups excluding carboxylic acids is 3. The number of halogens is 2. The molecular formula is C22H14Cl2N2O4S. The van der Waals surface area contributed by atoms with Gasteiger partial charge in [0.05, 0.1) is 20.6 Å². The monoisotopic (exact) mass is 472 g/mol. The zero-order valence-electron chi connectivity index (χ0n) is 16.0. The van der Waals surface area contributed by atoms with Crippen LogP contribution < -0.4 is 10.2 Å². The molecule has 1 aliphatic heterocycles. The van der Waals surface area contributed by atoms with E-state index in [2.05, 4.69) is 5.32 Å². The summed E-state index contributed by atoms with van der Waals surface area (Å²) in [5.74, 6) is 0.320. The molecule has 1 saturated heterocycles. The molecule has 2 heterocycles. The second-order valence-electron chi connectivity index (χ2n) is 6.58. The van der Waals surface area contributed by atoms with E-state index in [0.29, 0.717) is 32.9 Å². The SMILES string of the molecule is CC(=O)Nc1ccc(N2C(=O)S/C(=C/c3ccc(-c4ccc(Cl)c(Cl)c4)o3)C2=O)cc1. The Morgan fingerprint density at radius 3 is 2.45 bits per heavy atom. The summed E-state index contributed by atoms with van der Waals surface area (Å²) in [5.41, 5.74) is 1.72. The van der Waals surface area contributed by atoms with Crippen molar-refractivity contribution in [2.75, 3.05) is 10.2 Å². The lowest BCUT2D eigenvalue weighted by molar-refractivity contribution is -0.114. The van der Waals surface area contributed by atoms with Gasteiger partial charge in [-0.15, -0.1) is 0 Å². The van der Waals surface area contributed by atoms with E-state index in [0.717, 1.165) is 22.2 Å². The van der Waals surface area contributed by atoms with Crippen molar-refractivity contribution in [1.29, 1.82) is 0 Å². The zero-order chi connectivity index (χ0) is 22.1. The number of anilines is 2. The second kappa shape index (κ2) is 8.63. The van der Waals surface area contributed by atoms with Gasteiger partial charge < -0.3 is 9.73 Å². The molecule has 1 N–H and O–H groups in total. The van der Waals surface area contributed by atoms with Crippen LogP contribution in [0.25, 0.3) is 17.4 Å². The summed E-state index contributed by atoms with van der Waals surface area (Å²) in [7, 11) is 0. The molecule has 4 rings (SSSR count). The van der Waals surface area contributed by atoms with Gasteiger partial charge in [-0.1, -0.05) is 23.2 Å². The Labute approximate surface area is 191 Å². The first-order valence-electron chi connectivity index (χ1n) is 9.03. The van der Waals surface area contributed by atoms with Gasteiger partial charge in [-0.2, -0.15) is 0 Å². The van der Waals surface area contributed by atoms with Gasteiger partial charge in [-0.3, -0.25) is 14.4 Å². The molecular weight excluding hydrogens is 459 g/mol. The minimum Gasteiger partial charge on any atom is -0.457 e. The Morgan fingerprint density at radius 1 is 1.03 bits per heavy atom. The highest BCUT2D eigenvalue weighted by atomic mass is 35.5. The standard InChI is InChI=1S/C22H14Cl2N2O4S/c1-12(27)25-14-3-5-15(6-4-14)26-21(28)20(31-22(26)29)11-16-7-9-19(30-16)13-2-8-17(23)18(24)10-13/h2-11H,1H3,(H,25,27)/b20-11+. The van der Waals surface area contributed by atoms with Crippen LogP contribution in [0.15, 0.2) is 63.9 Å². The van der Waals surface area contributed by atoms with Gasteiger partial charge in [0.1, 0.15) is 11.5 Å². The molecule has 2 aromatic carbocycles. The molecule has 3 aromatic rings. The summed E-state index contributed by atoms with van der Waals surface area (Å²) in [6.45, 7) is 1.40. The van der Waals surface area contributed by atoms with E-state index in [1.54, 1.807) is 54.6 Å². The van der Waals surface area contributed by atoms with Crippen LogP contribution in [0.4, 0.5) is 16.2 Å². The highest BCUT2D eigenvalue weighted by Crippen LogP contribution is 2.37. The fourth-order valence-electron chi connectivity index (χ4n) is 2.95. The molecule has 1 aliphatic rings. The molecule has 3 amide bonds. The zero-order valence-corrected chi connectivity index (χ0v) is 18.3. The number of imide groups is 1. The minimum atomic E-state index is -0.449. The fraction of sp³-hybridized carbons (Fsp3) is 0.0455. The van der Waals surface area contributed by atoms with Gasteiger partial charge in [0, 0.05) is 24.3 Å². The first kappa shape index (κ1) is 21.2. The maximum atomic E-state index is 12.8. The number of nitrogens with one attached hydrogen (secondary N) is 1. The van der Waals surface area contributed by atoms with E-state index in [9.17, 15) is 14.4 Å². The molecule has 0 atom stereocenters. The molecule has 31 heavy (non-hydrogen) atoms. The van der Waals surface area contributed by atoms with E-state index < -0.39 is 11.1 Å². The van der Waals surface area contributed by atoms with Crippen molar-refractivity contribution in [1.82, 2.24) is 0 Å². The number of amides is 3. The summed E-state index contributed by atoms with van der Waals surface area (Å²) >= 11 is 12.8. The summed E-state index contributed by atoms with van der Waals surface area (Å²) < 4.78 is 5.79. The molecule has 9 heteroatoms. The number of thioether (sulfide) groups is 1. The molecule has 156 valence electrons. The average Bonchev–Trinajstić information content (AvgIpc) is 3.29. The fourth-order valence-corrected chi connectivity index (χ4v) is 4.07. The van der Waals surface area contributed by atoms with Gasteiger partial charge in [0.25, 0.3) is 11.1 Å². The van der Waals surface area contributed by atoms with Crippen molar-refractivity contribution in [2.24, 2.45) is 0 Å². The number of nitrogens with zero attached hydrogens (tertiary/aromatic N) is 1. The van der Waals surface area contributed by atoms with E-state index in [1.807, 2.05) is 0 Å². The Bertz CT molecular complexity index is 1230. The Kier molecular flexibility index (Phi) is 5.91. The van der Waals surface area contributed by atoms with Crippen molar-refractivity contribution in [2.45, 2.75) is 6.92 Å². The minimum absolute atomic E-state index is 0.208. The Hall–Kier alpha value is -3.00. The molecule has 0 unspecified atom stereocenters. The number of hydrogen-bond donors (Lipinski definition) is 1. The summed E-state index contributed by atoms with van der Waals surface area (Å²) in [6, 6.07) is 15.0. The summed E-state index contributed by atoms with van der Waals surface area (Å²) in [6.07, 6.45) is 1.53. The number of carbonyl (C=O) groups is 3. The van der Waals surface area contributed by atoms with Crippen molar-refractivity contribution in [3.63, 3.8) is 0 Å². The largest absolute Gasteiger partial charge is 0.457 e. The number of benzene rings is 2. The molecule has 1 aromatic heterocycles. The highest BCUT2D eigenvalue weighted by molar-refractivity contribution is 8.19. The Balaban J connectivity index is 1.55. The third-order valence-corrected chi connectivity index (χ3v) is 5.95. The van der Waals surface area contributed by atoms with Gasteiger partial charge in [0.2, 0.25) is 5.91 Å². The van der Waals surface area contributed by atoms with Gasteiger partial charge >= 0.3 is 0 Å². The van der Waals surface area contributed by atoms with Gasteiger partial charge in [-0.05, 0) is 66.4 Å². The quantitative estimate of drug-likeness (QED) is 0.441. The third kappa shape index (κ3) is 4.54. The van der Waals surface area contributed by atoms with E-state index in [1.165, 1.54) is 13.0 Å². The topological polar surface area (TPSA) is 79.6 Å². The molecule has 6 nitrogen and oxygen atoms in total. The van der Waals surface area contributed by atoms with Crippen LogP contribution in [0.2, 0.25) is 10.0 Å². The maximum absolute atomic E-state index is 12.8. The lowest BCUT2D eigenvalue weighted by Crippen LogP contribution is -2.27. The smallest absolute Gasteiger partial charge is 0.298 e. The predicted octanol–water partition coefficient (Wildman–Crippen LogP) is 6.45. The molecule has 0 bridgehead atoms. The predicted molar refractivity (Wildman–Crippen MR) is 123 cm³/mol. The lowest BCUT2D eigenvalue weighted by atomic mass is 10.2. The van der Waals surface area contributed by atoms with Crippen LogP contribution in [0.5, 0.6) is 0 Å². The van der Waals surface area contributed by atoms with Crippen LogP contribution in [-0.2, 0) is 9.59 Å². The van der Waals surface area contributed by atoms with E-state index >= 15 is 0 Å². The normalized spacial score (nSPS) is 15.1. The third-order valence-electron chi connectivity index (χ3n) is 4.34. The van der Waals surface area contributed by atoms with Crippen molar-refractivity contribution < 1.29 is 18.8 Å². The van der Waals surface area contributed by atoms with Crippen LogP contribution in [0.3, 0.4) is 0 Å². The van der Waals surface area contributed by atoms with Gasteiger partial charge in [0.15, 0.2) is 0 Å². The lowest BCUT2D eigenvalue weighted by Gasteiger charge is -2.13. The van der Waals surface area contributed by atoms with Crippen LogP contribution in [-0.4, -0.2) is 17.1 Å². The van der Waals surface area contributed by atoms with Crippen LogP contribution in [0, 0.1) is 0 Å². The molecule has 0 aliphatic carbocycles. The maximum Gasteiger partial charge on any atom is 0.298 e.